The third-order valence-electron chi connectivity index (χ3n) is 2.08. The molecule has 0 spiro atoms. The van der Waals surface area contributed by atoms with Crippen LogP contribution < -0.4 is 5.73 Å². The van der Waals surface area contributed by atoms with Crippen molar-refractivity contribution in [2.45, 2.75) is 6.54 Å². The summed E-state index contributed by atoms with van der Waals surface area (Å²) >= 11 is 3.64. The van der Waals surface area contributed by atoms with Crippen LogP contribution in [0.1, 0.15) is 9.75 Å². The molecule has 1 aromatic heterocycles. The van der Waals surface area contributed by atoms with E-state index in [-0.39, 0.29) is 0 Å². The Labute approximate surface area is 106 Å². The summed E-state index contributed by atoms with van der Waals surface area (Å²) in [6.45, 7) is 2.57. The van der Waals surface area contributed by atoms with Crippen molar-refractivity contribution in [2.75, 3.05) is 32.1 Å². The molecular formula is C12H18N2S2. The highest BCUT2D eigenvalue weighted by Gasteiger charge is 2.02. The van der Waals surface area contributed by atoms with Gasteiger partial charge in [0.2, 0.25) is 0 Å². The number of nitrogens with two attached hydrogens (primary N) is 1. The molecule has 2 nitrogen and oxygen atoms in total. The van der Waals surface area contributed by atoms with Crippen LogP contribution in [0.4, 0.5) is 0 Å². The maximum Gasteiger partial charge on any atom is 0.0772 e. The van der Waals surface area contributed by atoms with E-state index in [1.165, 1.54) is 10.6 Å². The zero-order chi connectivity index (χ0) is 11.8. The summed E-state index contributed by atoms with van der Waals surface area (Å²) in [7, 11) is 2.15. The lowest BCUT2D eigenvalue weighted by Crippen LogP contribution is -2.19. The summed E-state index contributed by atoms with van der Waals surface area (Å²) in [5.41, 5.74) is 5.34. The highest BCUT2D eigenvalue weighted by Crippen LogP contribution is 2.16. The first-order chi connectivity index (χ1) is 7.76. The molecule has 0 amide bonds. The van der Waals surface area contributed by atoms with Crippen molar-refractivity contribution in [3.8, 4) is 11.8 Å². The first kappa shape index (κ1) is 13.6. The predicted molar refractivity (Wildman–Crippen MR) is 75.0 cm³/mol. The molecule has 4 heteroatoms. The molecular weight excluding hydrogens is 236 g/mol. The number of hydrogen-bond donors (Lipinski definition) is 1. The fourth-order valence-corrected chi connectivity index (χ4v) is 2.72. The maximum atomic E-state index is 5.34. The second-order valence-electron chi connectivity index (χ2n) is 3.50. The SMILES string of the molecule is CSCCN(C)Cc1ccc(C#CCN)s1. The van der Waals surface area contributed by atoms with Crippen molar-refractivity contribution < 1.29 is 0 Å². The van der Waals surface area contributed by atoms with Crippen molar-refractivity contribution in [1.82, 2.24) is 4.90 Å². The van der Waals surface area contributed by atoms with Crippen molar-refractivity contribution in [1.29, 1.82) is 0 Å². The number of thioether (sulfide) groups is 1. The minimum Gasteiger partial charge on any atom is -0.320 e. The van der Waals surface area contributed by atoms with Gasteiger partial charge < -0.3 is 10.6 Å². The summed E-state index contributed by atoms with van der Waals surface area (Å²) < 4.78 is 0. The van der Waals surface area contributed by atoms with Crippen LogP contribution in [-0.4, -0.2) is 37.0 Å². The molecule has 0 saturated carbocycles. The Morgan fingerprint density at radius 2 is 2.31 bits per heavy atom. The Morgan fingerprint density at radius 1 is 1.50 bits per heavy atom. The van der Waals surface area contributed by atoms with E-state index in [4.69, 9.17) is 5.73 Å². The molecule has 1 rings (SSSR count). The minimum atomic E-state index is 0.431. The molecule has 16 heavy (non-hydrogen) atoms. The number of thiophene rings is 1. The summed E-state index contributed by atoms with van der Waals surface area (Å²) in [6, 6.07) is 4.23. The molecule has 88 valence electrons. The summed E-state index contributed by atoms with van der Waals surface area (Å²) in [5, 5.41) is 0. The molecule has 1 aromatic rings. The van der Waals surface area contributed by atoms with E-state index in [9.17, 15) is 0 Å². The zero-order valence-corrected chi connectivity index (χ0v) is 11.5. The normalized spacial score (nSPS) is 10.2. The molecule has 1 heterocycles. The Hall–Kier alpha value is -0.470. The fraction of sp³-hybridized carbons (Fsp3) is 0.500. The molecule has 0 aliphatic heterocycles. The lowest BCUT2D eigenvalue weighted by atomic mass is 10.4. The molecule has 0 atom stereocenters. The van der Waals surface area contributed by atoms with E-state index >= 15 is 0 Å². The summed E-state index contributed by atoms with van der Waals surface area (Å²) in [6.07, 6.45) is 2.14. The van der Waals surface area contributed by atoms with Crippen molar-refractivity contribution >= 4 is 23.1 Å². The van der Waals surface area contributed by atoms with E-state index in [1.54, 1.807) is 11.3 Å². The van der Waals surface area contributed by atoms with Crippen LogP contribution in [0.3, 0.4) is 0 Å². The van der Waals surface area contributed by atoms with Crippen LogP contribution in [-0.2, 0) is 6.54 Å². The molecule has 0 bridgehead atoms. The smallest absolute Gasteiger partial charge is 0.0772 e. The Morgan fingerprint density at radius 3 is 3.00 bits per heavy atom. The molecule has 0 saturated heterocycles. The van der Waals surface area contributed by atoms with Crippen molar-refractivity contribution in [2.24, 2.45) is 5.73 Å². The fourth-order valence-electron chi connectivity index (χ4n) is 1.26. The van der Waals surface area contributed by atoms with Gasteiger partial charge in [-0.3, -0.25) is 0 Å². The third-order valence-corrected chi connectivity index (χ3v) is 3.65. The summed E-state index contributed by atoms with van der Waals surface area (Å²) in [5.74, 6) is 7.12. The van der Waals surface area contributed by atoms with Gasteiger partial charge in [0, 0.05) is 23.7 Å². The number of nitrogens with zero attached hydrogens (tertiary/aromatic N) is 1. The lowest BCUT2D eigenvalue weighted by molar-refractivity contribution is 0.352. The predicted octanol–water partition coefficient (Wildman–Crippen LogP) is 1.85. The van der Waals surface area contributed by atoms with Crippen LogP contribution >= 0.6 is 23.1 Å². The Kier molecular flexibility index (Phi) is 6.58. The van der Waals surface area contributed by atoms with Gasteiger partial charge in [0.15, 0.2) is 0 Å². The van der Waals surface area contributed by atoms with Gasteiger partial charge >= 0.3 is 0 Å². The van der Waals surface area contributed by atoms with E-state index in [1.807, 2.05) is 11.8 Å². The van der Waals surface area contributed by atoms with Crippen LogP contribution in [0, 0.1) is 11.8 Å². The highest BCUT2D eigenvalue weighted by atomic mass is 32.2. The van der Waals surface area contributed by atoms with E-state index in [0.29, 0.717) is 6.54 Å². The molecule has 0 aliphatic rings. The Bertz CT molecular complexity index is 363. The maximum absolute atomic E-state index is 5.34. The summed E-state index contributed by atoms with van der Waals surface area (Å²) in [4.78, 5) is 4.81. The topological polar surface area (TPSA) is 29.3 Å². The van der Waals surface area contributed by atoms with Gasteiger partial charge in [0.1, 0.15) is 0 Å². The molecule has 0 aliphatic carbocycles. The number of hydrogen-bond acceptors (Lipinski definition) is 4. The average Bonchev–Trinajstić information content (AvgIpc) is 2.71. The standard InChI is InChI=1S/C12H18N2S2/c1-14(8-9-15-2)10-12-6-5-11(16-12)4-3-7-13/h5-6H,7-10,13H2,1-2H3. The highest BCUT2D eigenvalue weighted by molar-refractivity contribution is 7.98. The quantitative estimate of drug-likeness (QED) is 0.813. The molecule has 2 N–H and O–H groups in total. The molecule has 0 radical (unpaired) electrons. The average molecular weight is 254 g/mol. The zero-order valence-electron chi connectivity index (χ0n) is 9.82. The second-order valence-corrected chi connectivity index (χ2v) is 5.66. The largest absolute Gasteiger partial charge is 0.320 e. The van der Waals surface area contributed by atoms with E-state index in [0.717, 1.165) is 18.0 Å². The lowest BCUT2D eigenvalue weighted by Gasteiger charge is -2.14. The van der Waals surface area contributed by atoms with E-state index < -0.39 is 0 Å². The first-order valence-electron chi connectivity index (χ1n) is 5.21. The van der Waals surface area contributed by atoms with Gasteiger partial charge in [-0.25, -0.2) is 0 Å². The first-order valence-corrected chi connectivity index (χ1v) is 7.42. The van der Waals surface area contributed by atoms with E-state index in [2.05, 4.69) is 42.2 Å². The van der Waals surface area contributed by atoms with Gasteiger partial charge in [-0.1, -0.05) is 11.8 Å². The van der Waals surface area contributed by atoms with Crippen LogP contribution in [0.15, 0.2) is 12.1 Å². The van der Waals surface area contributed by atoms with Gasteiger partial charge in [0.05, 0.1) is 11.4 Å². The van der Waals surface area contributed by atoms with Crippen LogP contribution in [0.5, 0.6) is 0 Å². The van der Waals surface area contributed by atoms with Gasteiger partial charge in [-0.15, -0.1) is 11.3 Å². The second kappa shape index (κ2) is 7.75. The molecule has 0 fully saturated rings. The monoisotopic (exact) mass is 254 g/mol. The third kappa shape index (κ3) is 5.04. The van der Waals surface area contributed by atoms with Crippen molar-refractivity contribution in [3.05, 3.63) is 21.9 Å². The number of rotatable bonds is 5. The van der Waals surface area contributed by atoms with Gasteiger partial charge in [0.25, 0.3) is 0 Å². The van der Waals surface area contributed by atoms with Gasteiger partial charge in [-0.05, 0) is 25.4 Å². The van der Waals surface area contributed by atoms with Crippen LogP contribution in [0.25, 0.3) is 0 Å². The molecule has 0 aromatic carbocycles. The van der Waals surface area contributed by atoms with Gasteiger partial charge in [-0.2, -0.15) is 11.8 Å². The minimum absolute atomic E-state index is 0.431. The van der Waals surface area contributed by atoms with Crippen molar-refractivity contribution in [3.63, 3.8) is 0 Å². The van der Waals surface area contributed by atoms with Crippen LogP contribution in [0.2, 0.25) is 0 Å². The molecule has 0 unspecified atom stereocenters. The Balaban J connectivity index is 2.45.